The lowest BCUT2D eigenvalue weighted by atomic mass is 10.1. The van der Waals surface area contributed by atoms with Crippen molar-refractivity contribution in [3.8, 4) is 10.6 Å². The normalized spacial score (nSPS) is 15.4. The molecule has 1 aliphatic rings. The molecule has 3 rings (SSSR count). The predicted molar refractivity (Wildman–Crippen MR) is 57.3 cm³/mol. The molecule has 3 nitrogen and oxygen atoms in total. The molecule has 0 unspecified atom stereocenters. The molecule has 2 aromatic rings. The Labute approximate surface area is 86.2 Å². The molecule has 3 heterocycles. The van der Waals surface area contributed by atoms with Crippen molar-refractivity contribution in [2.75, 3.05) is 6.54 Å². The van der Waals surface area contributed by atoms with Gasteiger partial charge in [0.2, 0.25) is 0 Å². The summed E-state index contributed by atoms with van der Waals surface area (Å²) in [6.45, 7) is 2.00. The van der Waals surface area contributed by atoms with Crippen LogP contribution < -0.4 is 5.32 Å². The van der Waals surface area contributed by atoms with Gasteiger partial charge in [0, 0.05) is 30.8 Å². The van der Waals surface area contributed by atoms with Crippen molar-refractivity contribution in [3.63, 3.8) is 0 Å². The Hall–Kier alpha value is -1.13. The summed E-state index contributed by atoms with van der Waals surface area (Å²) >= 11 is 1.74. The van der Waals surface area contributed by atoms with Gasteiger partial charge in [-0.2, -0.15) is 5.10 Å². The van der Waals surface area contributed by atoms with Gasteiger partial charge in [0.15, 0.2) is 0 Å². The van der Waals surface area contributed by atoms with Crippen LogP contribution in [0, 0.1) is 0 Å². The van der Waals surface area contributed by atoms with Crippen LogP contribution >= 0.6 is 11.3 Å². The lowest BCUT2D eigenvalue weighted by Gasteiger charge is -2.12. The van der Waals surface area contributed by atoms with E-state index < -0.39 is 0 Å². The second kappa shape index (κ2) is 3.22. The number of fused-ring (bicyclic) bond motifs is 1. The van der Waals surface area contributed by atoms with E-state index in [1.807, 2.05) is 0 Å². The summed E-state index contributed by atoms with van der Waals surface area (Å²) in [6.07, 6.45) is 1.06. The number of H-pyrrole nitrogens is 1. The van der Waals surface area contributed by atoms with E-state index in [4.69, 9.17) is 0 Å². The maximum atomic E-state index is 4.39. The summed E-state index contributed by atoms with van der Waals surface area (Å²) in [5, 5.41) is 13.0. The Morgan fingerprint density at radius 3 is 3.29 bits per heavy atom. The van der Waals surface area contributed by atoms with E-state index in [-0.39, 0.29) is 0 Å². The van der Waals surface area contributed by atoms with E-state index in [0.717, 1.165) is 25.2 Å². The quantitative estimate of drug-likeness (QED) is 0.745. The number of aromatic nitrogens is 2. The standard InChI is InChI=1S/C10H11N3S/c1-2-9(14-5-1)10-7-6-11-4-3-8(7)12-13-10/h1-2,5,11H,3-4,6H2,(H,12,13). The number of hydrogen-bond acceptors (Lipinski definition) is 3. The highest BCUT2D eigenvalue weighted by Crippen LogP contribution is 2.28. The number of thiophene rings is 1. The second-order valence-electron chi connectivity index (χ2n) is 3.43. The first kappa shape index (κ1) is 8.20. The number of rotatable bonds is 1. The van der Waals surface area contributed by atoms with Gasteiger partial charge in [0.25, 0.3) is 0 Å². The Morgan fingerprint density at radius 1 is 1.43 bits per heavy atom. The fraction of sp³-hybridized carbons (Fsp3) is 0.300. The van der Waals surface area contributed by atoms with Crippen molar-refractivity contribution in [2.45, 2.75) is 13.0 Å². The van der Waals surface area contributed by atoms with Crippen LogP contribution in [-0.4, -0.2) is 16.7 Å². The lowest BCUT2D eigenvalue weighted by Crippen LogP contribution is -2.23. The van der Waals surface area contributed by atoms with E-state index in [9.17, 15) is 0 Å². The fourth-order valence-electron chi connectivity index (χ4n) is 1.84. The van der Waals surface area contributed by atoms with Crippen LogP contribution in [0.15, 0.2) is 17.5 Å². The molecule has 0 amide bonds. The van der Waals surface area contributed by atoms with Crippen LogP contribution in [0.1, 0.15) is 11.3 Å². The van der Waals surface area contributed by atoms with Gasteiger partial charge in [0.05, 0.1) is 4.88 Å². The second-order valence-corrected chi connectivity index (χ2v) is 4.38. The maximum Gasteiger partial charge on any atom is 0.107 e. The Kier molecular flexibility index (Phi) is 1.89. The number of aromatic amines is 1. The smallest absolute Gasteiger partial charge is 0.107 e. The third-order valence-electron chi connectivity index (χ3n) is 2.56. The molecule has 0 spiro atoms. The van der Waals surface area contributed by atoms with Gasteiger partial charge in [-0.3, -0.25) is 5.10 Å². The Bertz CT molecular complexity index is 430. The highest BCUT2D eigenvalue weighted by Gasteiger charge is 2.17. The molecule has 0 radical (unpaired) electrons. The summed E-state index contributed by atoms with van der Waals surface area (Å²) in [5.74, 6) is 0. The van der Waals surface area contributed by atoms with Gasteiger partial charge in [-0.1, -0.05) is 6.07 Å². The molecule has 14 heavy (non-hydrogen) atoms. The molecular formula is C10H11N3S. The van der Waals surface area contributed by atoms with E-state index in [0.29, 0.717) is 0 Å². The van der Waals surface area contributed by atoms with Crippen LogP contribution in [0.2, 0.25) is 0 Å². The molecular weight excluding hydrogens is 194 g/mol. The van der Waals surface area contributed by atoms with Gasteiger partial charge in [-0.05, 0) is 11.4 Å². The molecule has 2 aromatic heterocycles. The highest BCUT2D eigenvalue weighted by molar-refractivity contribution is 7.13. The van der Waals surface area contributed by atoms with Crippen LogP contribution in [0.4, 0.5) is 0 Å². The summed E-state index contributed by atoms with van der Waals surface area (Å²) in [4.78, 5) is 1.26. The molecule has 0 aliphatic carbocycles. The molecule has 0 bridgehead atoms. The van der Waals surface area contributed by atoms with Gasteiger partial charge < -0.3 is 5.32 Å². The molecule has 1 aliphatic heterocycles. The molecule has 0 aromatic carbocycles. The third-order valence-corrected chi connectivity index (χ3v) is 3.44. The average molecular weight is 205 g/mol. The summed E-state index contributed by atoms with van der Waals surface area (Å²) in [7, 11) is 0. The first-order chi connectivity index (χ1) is 6.95. The molecule has 2 N–H and O–H groups in total. The minimum Gasteiger partial charge on any atom is -0.312 e. The highest BCUT2D eigenvalue weighted by atomic mass is 32.1. The van der Waals surface area contributed by atoms with Gasteiger partial charge >= 0.3 is 0 Å². The summed E-state index contributed by atoms with van der Waals surface area (Å²) in [5.41, 5.74) is 3.77. The Balaban J connectivity index is 2.11. The Morgan fingerprint density at radius 2 is 2.43 bits per heavy atom. The average Bonchev–Trinajstić information content (AvgIpc) is 2.85. The number of nitrogens with zero attached hydrogens (tertiary/aromatic N) is 1. The van der Waals surface area contributed by atoms with Crippen molar-refractivity contribution in [1.82, 2.24) is 15.5 Å². The van der Waals surface area contributed by atoms with E-state index in [2.05, 4.69) is 33.0 Å². The zero-order valence-corrected chi connectivity index (χ0v) is 8.53. The lowest BCUT2D eigenvalue weighted by molar-refractivity contribution is 0.637. The topological polar surface area (TPSA) is 40.7 Å². The number of nitrogens with one attached hydrogen (secondary N) is 2. The molecule has 0 fully saturated rings. The zero-order valence-electron chi connectivity index (χ0n) is 7.71. The van der Waals surface area contributed by atoms with Crippen LogP contribution in [0.5, 0.6) is 0 Å². The monoisotopic (exact) mass is 205 g/mol. The minimum atomic E-state index is 0.944. The largest absolute Gasteiger partial charge is 0.312 e. The molecule has 4 heteroatoms. The van der Waals surface area contributed by atoms with Crippen molar-refractivity contribution < 1.29 is 0 Å². The van der Waals surface area contributed by atoms with Gasteiger partial charge in [-0.25, -0.2) is 0 Å². The maximum absolute atomic E-state index is 4.39. The molecule has 0 saturated heterocycles. The number of hydrogen-bond donors (Lipinski definition) is 2. The van der Waals surface area contributed by atoms with Crippen molar-refractivity contribution in [1.29, 1.82) is 0 Å². The molecule has 0 saturated carbocycles. The van der Waals surface area contributed by atoms with Crippen LogP contribution in [-0.2, 0) is 13.0 Å². The van der Waals surface area contributed by atoms with E-state index in [1.54, 1.807) is 11.3 Å². The molecule has 72 valence electrons. The van der Waals surface area contributed by atoms with Crippen molar-refractivity contribution in [2.24, 2.45) is 0 Å². The van der Waals surface area contributed by atoms with Crippen molar-refractivity contribution >= 4 is 11.3 Å². The van der Waals surface area contributed by atoms with Crippen molar-refractivity contribution in [3.05, 3.63) is 28.8 Å². The summed E-state index contributed by atoms with van der Waals surface area (Å²) < 4.78 is 0. The fourth-order valence-corrected chi connectivity index (χ4v) is 2.58. The zero-order chi connectivity index (χ0) is 9.38. The van der Waals surface area contributed by atoms with E-state index in [1.165, 1.54) is 16.1 Å². The summed E-state index contributed by atoms with van der Waals surface area (Å²) in [6, 6.07) is 4.19. The van der Waals surface area contributed by atoms with Gasteiger partial charge in [-0.15, -0.1) is 11.3 Å². The predicted octanol–water partition coefficient (Wildman–Crippen LogP) is 1.78. The SMILES string of the molecule is c1csc(-c2n[nH]c3c2CNCC3)c1. The van der Waals surface area contributed by atoms with E-state index >= 15 is 0 Å². The van der Waals surface area contributed by atoms with Gasteiger partial charge in [0.1, 0.15) is 5.69 Å². The van der Waals surface area contributed by atoms with Crippen LogP contribution in [0.25, 0.3) is 10.6 Å². The third kappa shape index (κ3) is 1.19. The first-order valence-electron chi connectivity index (χ1n) is 4.76. The van der Waals surface area contributed by atoms with Crippen LogP contribution in [0.3, 0.4) is 0 Å². The minimum absolute atomic E-state index is 0.944. The molecule has 0 atom stereocenters. The first-order valence-corrected chi connectivity index (χ1v) is 5.64.